The second-order valence-electron chi connectivity index (χ2n) is 5.57. The molecule has 1 aromatic rings. The SMILES string of the molecule is Cc1cc(C)cc(NC(N)=NCCCNC(=O)C(C)C)c1. The fourth-order valence-electron chi connectivity index (χ4n) is 1.93. The highest BCUT2D eigenvalue weighted by molar-refractivity contribution is 5.92. The molecule has 5 heteroatoms. The Hall–Kier alpha value is -2.04. The van der Waals surface area contributed by atoms with Crippen LogP contribution < -0.4 is 16.4 Å². The number of hydrogen-bond acceptors (Lipinski definition) is 2. The molecule has 0 aliphatic heterocycles. The van der Waals surface area contributed by atoms with Crippen molar-refractivity contribution < 1.29 is 4.79 Å². The van der Waals surface area contributed by atoms with E-state index < -0.39 is 0 Å². The van der Waals surface area contributed by atoms with Crippen LogP contribution >= 0.6 is 0 Å². The summed E-state index contributed by atoms with van der Waals surface area (Å²) in [4.78, 5) is 15.6. The van der Waals surface area contributed by atoms with E-state index in [-0.39, 0.29) is 11.8 Å². The topological polar surface area (TPSA) is 79.5 Å². The Labute approximate surface area is 127 Å². The van der Waals surface area contributed by atoms with Crippen molar-refractivity contribution in [3.8, 4) is 0 Å². The van der Waals surface area contributed by atoms with Crippen LogP contribution in [0, 0.1) is 19.8 Å². The van der Waals surface area contributed by atoms with Crippen LogP contribution in [0.5, 0.6) is 0 Å². The van der Waals surface area contributed by atoms with E-state index in [1.54, 1.807) is 0 Å². The molecule has 0 aliphatic rings. The summed E-state index contributed by atoms with van der Waals surface area (Å²) in [5.74, 6) is 0.486. The van der Waals surface area contributed by atoms with Crippen LogP contribution in [0.4, 0.5) is 5.69 Å². The first kappa shape index (κ1) is 17.0. The first-order valence-corrected chi connectivity index (χ1v) is 7.31. The summed E-state index contributed by atoms with van der Waals surface area (Å²) in [6.45, 7) is 9.05. The molecule has 5 nitrogen and oxygen atoms in total. The number of hydrogen-bond donors (Lipinski definition) is 3. The van der Waals surface area contributed by atoms with Gasteiger partial charge in [-0.05, 0) is 43.5 Å². The van der Waals surface area contributed by atoms with Crippen molar-refractivity contribution in [2.24, 2.45) is 16.6 Å². The maximum absolute atomic E-state index is 11.4. The van der Waals surface area contributed by atoms with Crippen LogP contribution in [0.1, 0.15) is 31.4 Å². The lowest BCUT2D eigenvalue weighted by atomic mass is 10.1. The monoisotopic (exact) mass is 290 g/mol. The molecule has 1 aromatic carbocycles. The van der Waals surface area contributed by atoms with Gasteiger partial charge in [0, 0.05) is 24.7 Å². The van der Waals surface area contributed by atoms with Gasteiger partial charge >= 0.3 is 0 Å². The van der Waals surface area contributed by atoms with E-state index in [4.69, 9.17) is 5.73 Å². The molecular weight excluding hydrogens is 264 g/mol. The normalized spacial score (nSPS) is 11.6. The van der Waals surface area contributed by atoms with Crippen molar-refractivity contribution >= 4 is 17.6 Å². The number of benzene rings is 1. The van der Waals surface area contributed by atoms with Crippen molar-refractivity contribution in [3.05, 3.63) is 29.3 Å². The standard InChI is InChI=1S/C16H26N4O/c1-11(2)15(21)18-6-5-7-19-16(17)20-14-9-12(3)8-13(4)10-14/h8-11H,5-7H2,1-4H3,(H,18,21)(H3,17,19,20). The molecular formula is C16H26N4O. The molecule has 0 aromatic heterocycles. The zero-order valence-corrected chi connectivity index (χ0v) is 13.4. The first-order valence-electron chi connectivity index (χ1n) is 7.31. The first-order chi connectivity index (χ1) is 9.88. The lowest BCUT2D eigenvalue weighted by molar-refractivity contribution is -0.123. The average molecular weight is 290 g/mol. The predicted molar refractivity (Wildman–Crippen MR) is 88.5 cm³/mol. The predicted octanol–water partition coefficient (Wildman–Crippen LogP) is 2.19. The average Bonchev–Trinajstić information content (AvgIpc) is 2.36. The van der Waals surface area contributed by atoms with Gasteiger partial charge in [-0.2, -0.15) is 0 Å². The van der Waals surface area contributed by atoms with E-state index in [1.807, 2.05) is 39.8 Å². The lowest BCUT2D eigenvalue weighted by Gasteiger charge is -2.08. The summed E-state index contributed by atoms with van der Waals surface area (Å²) >= 11 is 0. The van der Waals surface area contributed by atoms with E-state index in [0.29, 0.717) is 19.0 Å². The van der Waals surface area contributed by atoms with Gasteiger partial charge in [0.15, 0.2) is 5.96 Å². The fraction of sp³-hybridized carbons (Fsp3) is 0.500. The minimum Gasteiger partial charge on any atom is -0.370 e. The number of carbonyl (C=O) groups is 1. The molecule has 4 N–H and O–H groups in total. The Morgan fingerprint density at radius 1 is 1.24 bits per heavy atom. The van der Waals surface area contributed by atoms with Gasteiger partial charge in [0.05, 0.1) is 0 Å². The second kappa shape index (κ2) is 8.29. The summed E-state index contributed by atoms with van der Waals surface area (Å²) in [5.41, 5.74) is 9.16. The summed E-state index contributed by atoms with van der Waals surface area (Å²) in [7, 11) is 0. The molecule has 0 heterocycles. The number of aryl methyl sites for hydroxylation is 2. The van der Waals surface area contributed by atoms with Crippen LogP contribution in [0.25, 0.3) is 0 Å². The van der Waals surface area contributed by atoms with Crippen LogP contribution in [0.15, 0.2) is 23.2 Å². The maximum Gasteiger partial charge on any atom is 0.222 e. The van der Waals surface area contributed by atoms with E-state index in [9.17, 15) is 4.79 Å². The van der Waals surface area contributed by atoms with Gasteiger partial charge < -0.3 is 16.4 Å². The Balaban J connectivity index is 2.35. The third-order valence-electron chi connectivity index (χ3n) is 2.93. The van der Waals surface area contributed by atoms with Crippen molar-refractivity contribution in [3.63, 3.8) is 0 Å². The van der Waals surface area contributed by atoms with Gasteiger partial charge in [0.1, 0.15) is 0 Å². The third-order valence-corrected chi connectivity index (χ3v) is 2.93. The molecule has 1 rings (SSSR count). The fourth-order valence-corrected chi connectivity index (χ4v) is 1.93. The number of carbonyl (C=O) groups excluding carboxylic acids is 1. The van der Waals surface area contributed by atoms with Crippen molar-refractivity contribution in [2.75, 3.05) is 18.4 Å². The highest BCUT2D eigenvalue weighted by Gasteiger charge is 2.04. The Kier molecular flexibility index (Phi) is 6.72. The highest BCUT2D eigenvalue weighted by atomic mass is 16.1. The molecule has 116 valence electrons. The Morgan fingerprint density at radius 2 is 1.86 bits per heavy atom. The number of nitrogens with zero attached hydrogens (tertiary/aromatic N) is 1. The number of anilines is 1. The van der Waals surface area contributed by atoms with Gasteiger partial charge in [-0.15, -0.1) is 0 Å². The second-order valence-corrected chi connectivity index (χ2v) is 5.57. The Bertz CT molecular complexity index is 489. The summed E-state index contributed by atoms with van der Waals surface area (Å²) in [6.07, 6.45) is 0.772. The molecule has 0 bridgehead atoms. The number of aliphatic imine (C=N–C) groups is 1. The van der Waals surface area contributed by atoms with Crippen molar-refractivity contribution in [1.82, 2.24) is 5.32 Å². The van der Waals surface area contributed by atoms with Crippen LogP contribution in [-0.2, 0) is 4.79 Å². The molecule has 0 fully saturated rings. The summed E-state index contributed by atoms with van der Waals surface area (Å²) < 4.78 is 0. The number of amides is 1. The van der Waals surface area contributed by atoms with Gasteiger partial charge in [0.25, 0.3) is 0 Å². The third kappa shape index (κ3) is 6.79. The van der Waals surface area contributed by atoms with E-state index in [1.165, 1.54) is 11.1 Å². The number of nitrogens with one attached hydrogen (secondary N) is 2. The van der Waals surface area contributed by atoms with Gasteiger partial charge in [-0.3, -0.25) is 9.79 Å². The number of nitrogens with two attached hydrogens (primary N) is 1. The van der Waals surface area contributed by atoms with Gasteiger partial charge in [-0.25, -0.2) is 0 Å². The molecule has 0 atom stereocenters. The lowest BCUT2D eigenvalue weighted by Crippen LogP contribution is -2.29. The quantitative estimate of drug-likeness (QED) is 0.427. The smallest absolute Gasteiger partial charge is 0.222 e. The molecule has 0 spiro atoms. The van der Waals surface area contributed by atoms with E-state index in [0.717, 1.165) is 12.1 Å². The van der Waals surface area contributed by atoms with E-state index >= 15 is 0 Å². The summed E-state index contributed by atoms with van der Waals surface area (Å²) in [5, 5.41) is 5.93. The largest absolute Gasteiger partial charge is 0.370 e. The zero-order chi connectivity index (χ0) is 15.8. The number of guanidine groups is 1. The van der Waals surface area contributed by atoms with Gasteiger partial charge in [-0.1, -0.05) is 19.9 Å². The molecule has 0 saturated heterocycles. The molecule has 21 heavy (non-hydrogen) atoms. The molecule has 0 unspecified atom stereocenters. The summed E-state index contributed by atoms with van der Waals surface area (Å²) in [6, 6.07) is 6.16. The van der Waals surface area contributed by atoms with Crippen LogP contribution in [0.3, 0.4) is 0 Å². The highest BCUT2D eigenvalue weighted by Crippen LogP contribution is 2.13. The minimum atomic E-state index is 0.0183. The maximum atomic E-state index is 11.4. The molecule has 0 saturated carbocycles. The van der Waals surface area contributed by atoms with E-state index in [2.05, 4.69) is 21.7 Å². The zero-order valence-electron chi connectivity index (χ0n) is 13.4. The van der Waals surface area contributed by atoms with Crippen molar-refractivity contribution in [2.45, 2.75) is 34.1 Å². The molecule has 0 aliphatic carbocycles. The minimum absolute atomic E-state index is 0.0183. The van der Waals surface area contributed by atoms with Crippen LogP contribution in [0.2, 0.25) is 0 Å². The molecule has 1 amide bonds. The molecule has 0 radical (unpaired) electrons. The number of rotatable bonds is 6. The Morgan fingerprint density at radius 3 is 2.43 bits per heavy atom. The van der Waals surface area contributed by atoms with Crippen LogP contribution in [-0.4, -0.2) is 25.0 Å². The van der Waals surface area contributed by atoms with Crippen molar-refractivity contribution in [1.29, 1.82) is 0 Å². The van der Waals surface area contributed by atoms with Gasteiger partial charge in [0.2, 0.25) is 5.91 Å².